The Labute approximate surface area is 120 Å². The van der Waals surface area contributed by atoms with Gasteiger partial charge < -0.3 is 11.5 Å². The normalized spacial score (nSPS) is 10.4. The molecule has 0 spiro atoms. The fourth-order valence-corrected chi connectivity index (χ4v) is 2.09. The van der Waals surface area contributed by atoms with Crippen molar-refractivity contribution in [1.29, 1.82) is 0 Å². The monoisotopic (exact) mass is 295 g/mol. The Morgan fingerprint density at radius 2 is 1.84 bits per heavy atom. The number of aromatic nitrogens is 1. The van der Waals surface area contributed by atoms with E-state index in [1.165, 1.54) is 12.1 Å². The van der Waals surface area contributed by atoms with Crippen LogP contribution in [0.15, 0.2) is 30.6 Å². The number of benzene rings is 1. The van der Waals surface area contributed by atoms with E-state index in [4.69, 9.17) is 34.7 Å². The number of carbonyl (C=O) groups excluding carboxylic acids is 1. The van der Waals surface area contributed by atoms with Crippen molar-refractivity contribution < 1.29 is 4.79 Å². The largest absolute Gasteiger partial charge is 0.398 e. The molecule has 0 aliphatic rings. The molecule has 0 radical (unpaired) electrons. The van der Waals surface area contributed by atoms with Crippen molar-refractivity contribution in [3.8, 4) is 0 Å². The van der Waals surface area contributed by atoms with E-state index in [2.05, 4.69) is 4.98 Å². The van der Waals surface area contributed by atoms with Crippen LogP contribution in [0.2, 0.25) is 10.0 Å². The zero-order valence-corrected chi connectivity index (χ0v) is 11.4. The summed E-state index contributed by atoms with van der Waals surface area (Å²) in [5.74, 6) is -0.150. The Kier molecular flexibility index (Phi) is 3.93. The molecule has 0 saturated heterocycles. The summed E-state index contributed by atoms with van der Waals surface area (Å²) in [5.41, 5.74) is 13.2. The molecule has 1 aromatic heterocycles. The molecule has 0 aliphatic carbocycles. The minimum atomic E-state index is -0.150. The van der Waals surface area contributed by atoms with E-state index in [0.717, 1.165) is 0 Å². The molecule has 1 heterocycles. The molecule has 0 amide bonds. The maximum Gasteiger partial charge on any atom is 0.167 e. The highest BCUT2D eigenvalue weighted by Crippen LogP contribution is 2.29. The van der Waals surface area contributed by atoms with Crippen molar-refractivity contribution >= 4 is 40.4 Å². The van der Waals surface area contributed by atoms with Crippen LogP contribution < -0.4 is 11.5 Å². The molecule has 2 aromatic rings. The second-order valence-electron chi connectivity index (χ2n) is 4.03. The number of ketones is 1. The van der Waals surface area contributed by atoms with Gasteiger partial charge in [0.05, 0.1) is 15.7 Å². The number of nitrogens with two attached hydrogens (primary N) is 2. The van der Waals surface area contributed by atoms with E-state index >= 15 is 0 Å². The Hall–Kier alpha value is -1.78. The number of nitrogens with zero attached hydrogens (tertiary/aromatic N) is 1. The van der Waals surface area contributed by atoms with Crippen LogP contribution in [-0.4, -0.2) is 10.8 Å². The highest BCUT2D eigenvalue weighted by molar-refractivity contribution is 6.39. The molecule has 98 valence electrons. The van der Waals surface area contributed by atoms with Gasteiger partial charge in [-0.25, -0.2) is 0 Å². The van der Waals surface area contributed by atoms with E-state index < -0.39 is 0 Å². The first-order chi connectivity index (χ1) is 8.99. The Morgan fingerprint density at radius 3 is 2.42 bits per heavy atom. The molecule has 2 rings (SSSR count). The third kappa shape index (κ3) is 2.97. The van der Waals surface area contributed by atoms with E-state index in [-0.39, 0.29) is 27.9 Å². The zero-order valence-electron chi connectivity index (χ0n) is 9.86. The van der Waals surface area contributed by atoms with Crippen LogP contribution in [-0.2, 0) is 6.42 Å². The molecule has 1 aromatic carbocycles. The van der Waals surface area contributed by atoms with Crippen molar-refractivity contribution in [1.82, 2.24) is 4.98 Å². The summed E-state index contributed by atoms with van der Waals surface area (Å²) in [7, 11) is 0. The third-order valence-electron chi connectivity index (χ3n) is 2.69. The summed E-state index contributed by atoms with van der Waals surface area (Å²) >= 11 is 11.8. The van der Waals surface area contributed by atoms with Crippen molar-refractivity contribution in [3.63, 3.8) is 0 Å². The summed E-state index contributed by atoms with van der Waals surface area (Å²) < 4.78 is 0. The topological polar surface area (TPSA) is 82.0 Å². The molecular formula is C13H11Cl2N3O. The number of carbonyl (C=O) groups is 1. The van der Waals surface area contributed by atoms with Crippen LogP contribution in [0.5, 0.6) is 0 Å². The smallest absolute Gasteiger partial charge is 0.167 e. The molecule has 0 unspecified atom stereocenters. The summed E-state index contributed by atoms with van der Waals surface area (Å²) in [6.07, 6.45) is 3.27. The van der Waals surface area contributed by atoms with Crippen LogP contribution in [0.25, 0.3) is 0 Å². The van der Waals surface area contributed by atoms with Gasteiger partial charge >= 0.3 is 0 Å². The number of halogens is 2. The van der Waals surface area contributed by atoms with Crippen LogP contribution in [0.3, 0.4) is 0 Å². The lowest BCUT2D eigenvalue weighted by molar-refractivity contribution is 0.0993. The summed E-state index contributed by atoms with van der Waals surface area (Å²) in [4.78, 5) is 16.1. The van der Waals surface area contributed by atoms with Gasteiger partial charge in [0.2, 0.25) is 0 Å². The van der Waals surface area contributed by atoms with Crippen LogP contribution in [0.1, 0.15) is 15.9 Å². The average molecular weight is 296 g/mol. The molecule has 19 heavy (non-hydrogen) atoms. The first-order valence-corrected chi connectivity index (χ1v) is 6.20. The molecule has 0 bridgehead atoms. The van der Waals surface area contributed by atoms with Crippen molar-refractivity contribution in [2.24, 2.45) is 0 Å². The Morgan fingerprint density at radius 1 is 1.21 bits per heavy atom. The highest BCUT2D eigenvalue weighted by atomic mass is 35.5. The maximum absolute atomic E-state index is 12.1. The van der Waals surface area contributed by atoms with E-state index in [9.17, 15) is 4.79 Å². The minimum Gasteiger partial charge on any atom is -0.398 e. The molecule has 0 saturated carbocycles. The molecule has 0 atom stereocenters. The first-order valence-electron chi connectivity index (χ1n) is 5.45. The van der Waals surface area contributed by atoms with Gasteiger partial charge in [0, 0.05) is 35.6 Å². The number of rotatable bonds is 3. The molecule has 6 heteroatoms. The second kappa shape index (κ2) is 5.47. The van der Waals surface area contributed by atoms with Crippen LogP contribution >= 0.6 is 23.2 Å². The van der Waals surface area contributed by atoms with Gasteiger partial charge in [-0.2, -0.15) is 0 Å². The fraction of sp³-hybridized carbons (Fsp3) is 0.0769. The van der Waals surface area contributed by atoms with Gasteiger partial charge in [-0.3, -0.25) is 9.78 Å². The van der Waals surface area contributed by atoms with Gasteiger partial charge in [0.15, 0.2) is 5.78 Å². The number of Topliss-reactive ketones (excluding diaryl/α,β-unsaturated/α-hetero) is 1. The van der Waals surface area contributed by atoms with Gasteiger partial charge in [-0.1, -0.05) is 23.2 Å². The van der Waals surface area contributed by atoms with Crippen LogP contribution in [0, 0.1) is 0 Å². The van der Waals surface area contributed by atoms with Crippen molar-refractivity contribution in [2.45, 2.75) is 6.42 Å². The average Bonchev–Trinajstić information content (AvgIpc) is 2.38. The summed E-state index contributed by atoms with van der Waals surface area (Å²) in [5, 5.41) is 0.519. The number of nitrogen functional groups attached to an aromatic ring is 2. The quantitative estimate of drug-likeness (QED) is 0.674. The number of anilines is 2. The number of hydrogen-bond acceptors (Lipinski definition) is 4. The molecule has 4 N–H and O–H groups in total. The van der Waals surface area contributed by atoms with Gasteiger partial charge in [0.1, 0.15) is 0 Å². The summed E-state index contributed by atoms with van der Waals surface area (Å²) in [6, 6.07) is 4.64. The highest BCUT2D eigenvalue weighted by Gasteiger charge is 2.13. The first kappa shape index (κ1) is 13.6. The summed E-state index contributed by atoms with van der Waals surface area (Å²) in [6.45, 7) is 0. The predicted molar refractivity (Wildman–Crippen MR) is 77.6 cm³/mol. The van der Waals surface area contributed by atoms with E-state index in [0.29, 0.717) is 16.8 Å². The number of hydrogen-bond donors (Lipinski definition) is 2. The standard InChI is InChI=1S/C13H11Cl2N3O/c14-9-3-7(4-10(15)13(9)17)12(19)5-8-6-18-2-1-11(8)16/h1-4,6H,5,17H2,(H2,16,18). The van der Waals surface area contributed by atoms with Crippen molar-refractivity contribution in [2.75, 3.05) is 11.5 Å². The van der Waals surface area contributed by atoms with Gasteiger partial charge in [0.25, 0.3) is 0 Å². The zero-order chi connectivity index (χ0) is 14.0. The van der Waals surface area contributed by atoms with E-state index in [1.54, 1.807) is 18.5 Å². The minimum absolute atomic E-state index is 0.135. The third-order valence-corrected chi connectivity index (χ3v) is 3.32. The fourth-order valence-electron chi connectivity index (χ4n) is 1.61. The van der Waals surface area contributed by atoms with Crippen molar-refractivity contribution in [3.05, 3.63) is 51.8 Å². The lowest BCUT2D eigenvalue weighted by Crippen LogP contribution is -2.07. The SMILES string of the molecule is Nc1ccncc1CC(=O)c1cc(Cl)c(N)c(Cl)c1. The lowest BCUT2D eigenvalue weighted by atomic mass is 10.0. The van der Waals surface area contributed by atoms with Gasteiger partial charge in [-0.15, -0.1) is 0 Å². The Balaban J connectivity index is 2.28. The lowest BCUT2D eigenvalue weighted by Gasteiger charge is -2.07. The molecular weight excluding hydrogens is 285 g/mol. The second-order valence-corrected chi connectivity index (χ2v) is 4.84. The Bertz CT molecular complexity index is 621. The van der Waals surface area contributed by atoms with Gasteiger partial charge in [-0.05, 0) is 18.2 Å². The van der Waals surface area contributed by atoms with E-state index in [1.807, 2.05) is 0 Å². The van der Waals surface area contributed by atoms with Crippen LogP contribution in [0.4, 0.5) is 11.4 Å². The molecule has 4 nitrogen and oxygen atoms in total. The molecule has 0 aliphatic heterocycles. The number of pyridine rings is 1. The predicted octanol–water partition coefficient (Wildman–Crippen LogP) is 2.98. The molecule has 0 fully saturated rings. The maximum atomic E-state index is 12.1.